The van der Waals surface area contributed by atoms with Crippen LogP contribution in [0.4, 0.5) is 0 Å². The molecule has 0 aliphatic heterocycles. The molecular formula is C11H20N2O4. The molecule has 98 valence electrons. The van der Waals surface area contributed by atoms with Crippen LogP contribution in [0, 0.1) is 5.92 Å². The van der Waals surface area contributed by atoms with Gasteiger partial charge in [0.2, 0.25) is 11.8 Å². The summed E-state index contributed by atoms with van der Waals surface area (Å²) < 4.78 is 0. The predicted molar refractivity (Wildman–Crippen MR) is 62.3 cm³/mol. The quantitative estimate of drug-likeness (QED) is 0.692. The van der Waals surface area contributed by atoms with Gasteiger partial charge in [-0.3, -0.25) is 14.4 Å². The molecule has 0 aromatic carbocycles. The summed E-state index contributed by atoms with van der Waals surface area (Å²) in [6.07, 6.45) is 0. The summed E-state index contributed by atoms with van der Waals surface area (Å²) in [7, 11) is 0. The summed E-state index contributed by atoms with van der Waals surface area (Å²) >= 11 is 0. The number of aliphatic carboxylic acids is 1. The lowest BCUT2D eigenvalue weighted by Gasteiger charge is -2.26. The summed E-state index contributed by atoms with van der Waals surface area (Å²) in [4.78, 5) is 34.9. The average Bonchev–Trinajstić information content (AvgIpc) is 2.23. The highest BCUT2D eigenvalue weighted by atomic mass is 16.4. The van der Waals surface area contributed by atoms with Gasteiger partial charge in [-0.05, 0) is 13.8 Å². The minimum atomic E-state index is -0.941. The monoisotopic (exact) mass is 244 g/mol. The maximum atomic E-state index is 11.9. The molecule has 0 fully saturated rings. The van der Waals surface area contributed by atoms with Crippen LogP contribution in [-0.2, 0) is 14.4 Å². The highest BCUT2D eigenvalue weighted by Crippen LogP contribution is 2.03. The number of rotatable bonds is 6. The van der Waals surface area contributed by atoms with Crippen LogP contribution in [0.3, 0.4) is 0 Å². The lowest BCUT2D eigenvalue weighted by molar-refractivity contribution is -0.143. The summed E-state index contributed by atoms with van der Waals surface area (Å²) in [5, 5.41) is 11.3. The molecule has 0 aliphatic rings. The fraction of sp³-hybridized carbons (Fsp3) is 0.727. The first kappa shape index (κ1) is 15.4. The molecule has 0 aromatic rings. The van der Waals surface area contributed by atoms with Gasteiger partial charge in [-0.2, -0.15) is 0 Å². The smallest absolute Gasteiger partial charge is 0.308 e. The lowest BCUT2D eigenvalue weighted by Crippen LogP contribution is -2.48. The number of nitrogens with zero attached hydrogens (tertiary/aromatic N) is 1. The molecule has 0 saturated carbocycles. The van der Waals surface area contributed by atoms with Crippen molar-refractivity contribution in [2.75, 3.05) is 13.1 Å². The van der Waals surface area contributed by atoms with E-state index >= 15 is 0 Å². The molecule has 0 saturated heterocycles. The van der Waals surface area contributed by atoms with Crippen molar-refractivity contribution in [3.8, 4) is 0 Å². The highest BCUT2D eigenvalue weighted by Gasteiger charge is 2.23. The fourth-order valence-corrected chi connectivity index (χ4v) is 1.42. The SMILES string of the molecule is CCN(CC(C)C(=O)O)C(=O)C(C)NC(C)=O. The molecule has 2 N–H and O–H groups in total. The maximum Gasteiger partial charge on any atom is 0.308 e. The van der Waals surface area contributed by atoms with E-state index in [0.29, 0.717) is 6.54 Å². The normalized spacial score (nSPS) is 13.6. The minimum absolute atomic E-state index is 0.147. The Bertz CT molecular complexity index is 304. The first-order valence-corrected chi connectivity index (χ1v) is 5.58. The molecular weight excluding hydrogens is 224 g/mol. The third-order valence-electron chi connectivity index (χ3n) is 2.40. The van der Waals surface area contributed by atoms with Crippen molar-refractivity contribution in [3.63, 3.8) is 0 Å². The average molecular weight is 244 g/mol. The number of amides is 2. The number of nitrogens with one attached hydrogen (secondary N) is 1. The van der Waals surface area contributed by atoms with Crippen LogP contribution in [0.1, 0.15) is 27.7 Å². The van der Waals surface area contributed by atoms with Gasteiger partial charge in [-0.1, -0.05) is 6.92 Å². The second-order valence-corrected chi connectivity index (χ2v) is 4.04. The number of hydrogen-bond acceptors (Lipinski definition) is 3. The van der Waals surface area contributed by atoms with E-state index in [9.17, 15) is 14.4 Å². The van der Waals surface area contributed by atoms with Gasteiger partial charge < -0.3 is 15.3 Å². The molecule has 6 nitrogen and oxygen atoms in total. The van der Waals surface area contributed by atoms with Gasteiger partial charge in [0, 0.05) is 20.0 Å². The predicted octanol–water partition coefficient (Wildman–Crippen LogP) is 0.0802. The molecule has 0 rings (SSSR count). The largest absolute Gasteiger partial charge is 0.481 e. The first-order valence-electron chi connectivity index (χ1n) is 5.58. The molecule has 0 heterocycles. The molecule has 0 spiro atoms. The van der Waals surface area contributed by atoms with E-state index in [2.05, 4.69) is 5.32 Å². The van der Waals surface area contributed by atoms with Crippen LogP contribution in [0.2, 0.25) is 0 Å². The Morgan fingerprint density at radius 1 is 1.29 bits per heavy atom. The van der Waals surface area contributed by atoms with Crippen LogP contribution in [0.15, 0.2) is 0 Å². The third kappa shape index (κ3) is 5.33. The van der Waals surface area contributed by atoms with E-state index in [1.54, 1.807) is 20.8 Å². The highest BCUT2D eigenvalue weighted by molar-refractivity contribution is 5.86. The number of hydrogen-bond donors (Lipinski definition) is 2. The van der Waals surface area contributed by atoms with Crippen molar-refractivity contribution in [1.29, 1.82) is 0 Å². The van der Waals surface area contributed by atoms with Gasteiger partial charge >= 0.3 is 5.97 Å². The Balaban J connectivity index is 4.49. The molecule has 0 radical (unpaired) electrons. The maximum absolute atomic E-state index is 11.9. The molecule has 0 aliphatic carbocycles. The van der Waals surface area contributed by atoms with E-state index in [4.69, 9.17) is 5.11 Å². The molecule has 0 aromatic heterocycles. The topological polar surface area (TPSA) is 86.7 Å². The van der Waals surface area contributed by atoms with E-state index in [-0.39, 0.29) is 18.4 Å². The van der Waals surface area contributed by atoms with Gasteiger partial charge in [-0.15, -0.1) is 0 Å². The molecule has 2 unspecified atom stereocenters. The summed E-state index contributed by atoms with van der Waals surface area (Å²) in [6, 6.07) is -0.631. The summed E-state index contributed by atoms with van der Waals surface area (Å²) in [5.74, 6) is -2.11. The molecule has 2 amide bonds. The Kier molecular flexibility index (Phi) is 6.23. The number of carbonyl (C=O) groups is 3. The summed E-state index contributed by atoms with van der Waals surface area (Å²) in [5.41, 5.74) is 0. The molecule has 6 heteroatoms. The number of carboxylic acids is 1. The van der Waals surface area contributed by atoms with Gasteiger partial charge in [0.05, 0.1) is 5.92 Å². The van der Waals surface area contributed by atoms with Crippen molar-refractivity contribution < 1.29 is 19.5 Å². The Hall–Kier alpha value is -1.59. The van der Waals surface area contributed by atoms with Crippen LogP contribution < -0.4 is 5.32 Å². The van der Waals surface area contributed by atoms with Crippen molar-refractivity contribution in [3.05, 3.63) is 0 Å². The van der Waals surface area contributed by atoms with Crippen LogP contribution in [-0.4, -0.2) is 46.9 Å². The van der Waals surface area contributed by atoms with Crippen LogP contribution in [0.25, 0.3) is 0 Å². The number of carboxylic acid groups (broad SMARTS) is 1. The lowest BCUT2D eigenvalue weighted by atomic mass is 10.1. The van der Waals surface area contributed by atoms with Crippen molar-refractivity contribution in [2.24, 2.45) is 5.92 Å². The number of likely N-dealkylation sites (N-methyl/N-ethyl adjacent to an activating group) is 1. The van der Waals surface area contributed by atoms with Crippen LogP contribution >= 0.6 is 0 Å². The van der Waals surface area contributed by atoms with Gasteiger partial charge in [0.1, 0.15) is 6.04 Å². The zero-order valence-electron chi connectivity index (χ0n) is 10.7. The van der Waals surface area contributed by atoms with Crippen LogP contribution in [0.5, 0.6) is 0 Å². The first-order chi connectivity index (χ1) is 7.79. The third-order valence-corrected chi connectivity index (χ3v) is 2.40. The zero-order valence-corrected chi connectivity index (χ0v) is 10.7. The molecule has 2 atom stereocenters. The number of carbonyl (C=O) groups excluding carboxylic acids is 2. The van der Waals surface area contributed by atoms with Crippen molar-refractivity contribution >= 4 is 17.8 Å². The van der Waals surface area contributed by atoms with E-state index in [1.807, 2.05) is 0 Å². The Morgan fingerprint density at radius 2 is 1.82 bits per heavy atom. The second kappa shape index (κ2) is 6.88. The standard InChI is InChI=1S/C11H20N2O4/c1-5-13(6-7(2)11(16)17)10(15)8(3)12-9(4)14/h7-8H,5-6H2,1-4H3,(H,12,14)(H,16,17). The fourth-order valence-electron chi connectivity index (χ4n) is 1.42. The Morgan fingerprint density at radius 3 is 2.18 bits per heavy atom. The van der Waals surface area contributed by atoms with Gasteiger partial charge in [-0.25, -0.2) is 0 Å². The molecule has 17 heavy (non-hydrogen) atoms. The van der Waals surface area contributed by atoms with Crippen molar-refractivity contribution in [2.45, 2.75) is 33.7 Å². The van der Waals surface area contributed by atoms with E-state index in [1.165, 1.54) is 11.8 Å². The van der Waals surface area contributed by atoms with Gasteiger partial charge in [0.25, 0.3) is 0 Å². The Labute approximate surface area is 101 Å². The second-order valence-electron chi connectivity index (χ2n) is 4.04. The van der Waals surface area contributed by atoms with E-state index < -0.39 is 17.9 Å². The molecule has 0 bridgehead atoms. The van der Waals surface area contributed by atoms with Gasteiger partial charge in [0.15, 0.2) is 0 Å². The van der Waals surface area contributed by atoms with E-state index in [0.717, 1.165) is 0 Å². The van der Waals surface area contributed by atoms with Crippen molar-refractivity contribution in [1.82, 2.24) is 10.2 Å². The zero-order chi connectivity index (χ0) is 13.6. The minimum Gasteiger partial charge on any atom is -0.481 e. The summed E-state index contributed by atoms with van der Waals surface area (Å²) in [6.45, 7) is 6.79.